The Morgan fingerprint density at radius 3 is 2.45 bits per heavy atom. The van der Waals surface area contributed by atoms with Crippen LogP contribution in [-0.2, 0) is 0 Å². The summed E-state index contributed by atoms with van der Waals surface area (Å²) < 4.78 is 4.91. The number of halogens is 1. The molecule has 11 heavy (non-hydrogen) atoms. The molecule has 0 saturated heterocycles. The second-order valence-corrected chi connectivity index (χ2v) is 2.52. The highest BCUT2D eigenvalue weighted by atomic mass is 35.5. The molecule has 0 saturated carbocycles. The minimum atomic E-state index is 0.396. The molecule has 0 aromatic heterocycles. The monoisotopic (exact) mass is 172 g/mol. The van der Waals surface area contributed by atoms with E-state index in [-0.39, 0.29) is 0 Å². The van der Waals surface area contributed by atoms with Gasteiger partial charge < -0.3 is 16.2 Å². The molecule has 0 heterocycles. The van der Waals surface area contributed by atoms with E-state index in [1.807, 2.05) is 0 Å². The van der Waals surface area contributed by atoms with Crippen molar-refractivity contribution in [3.05, 3.63) is 17.2 Å². The molecule has 60 valence electrons. The van der Waals surface area contributed by atoms with E-state index >= 15 is 0 Å². The lowest BCUT2D eigenvalue weighted by Gasteiger charge is -2.05. The molecule has 0 atom stereocenters. The molecular formula is C7H9ClN2O. The van der Waals surface area contributed by atoms with Gasteiger partial charge in [-0.3, -0.25) is 0 Å². The van der Waals surface area contributed by atoms with Gasteiger partial charge in [-0.1, -0.05) is 11.6 Å². The smallest absolute Gasteiger partial charge is 0.122 e. The number of ether oxygens (including phenoxy) is 1. The van der Waals surface area contributed by atoms with Gasteiger partial charge in [0, 0.05) is 12.1 Å². The molecule has 0 radical (unpaired) electrons. The van der Waals surface area contributed by atoms with E-state index in [2.05, 4.69) is 0 Å². The van der Waals surface area contributed by atoms with E-state index in [0.717, 1.165) is 0 Å². The molecule has 1 aromatic rings. The van der Waals surface area contributed by atoms with Crippen LogP contribution in [-0.4, -0.2) is 7.11 Å². The number of nitrogen functional groups attached to an aromatic ring is 2. The van der Waals surface area contributed by atoms with E-state index in [9.17, 15) is 0 Å². The van der Waals surface area contributed by atoms with Crippen molar-refractivity contribution in [2.75, 3.05) is 18.6 Å². The van der Waals surface area contributed by atoms with Gasteiger partial charge in [-0.2, -0.15) is 0 Å². The first-order chi connectivity index (χ1) is 5.15. The zero-order valence-corrected chi connectivity index (χ0v) is 6.85. The molecule has 0 aliphatic rings. The zero-order chi connectivity index (χ0) is 8.43. The Kier molecular flexibility index (Phi) is 2.10. The van der Waals surface area contributed by atoms with E-state index in [0.29, 0.717) is 22.1 Å². The third kappa shape index (κ3) is 1.49. The largest absolute Gasteiger partial charge is 0.497 e. The molecular weight excluding hydrogens is 164 g/mol. The van der Waals surface area contributed by atoms with Crippen LogP contribution in [0.2, 0.25) is 5.02 Å². The molecule has 1 rings (SSSR count). The third-order valence-electron chi connectivity index (χ3n) is 1.37. The molecule has 0 fully saturated rings. The average Bonchev–Trinajstić information content (AvgIpc) is 1.99. The number of nitrogens with two attached hydrogens (primary N) is 2. The summed E-state index contributed by atoms with van der Waals surface area (Å²) in [6, 6.07) is 3.24. The molecule has 4 heteroatoms. The summed E-state index contributed by atoms with van der Waals surface area (Å²) in [4.78, 5) is 0. The summed E-state index contributed by atoms with van der Waals surface area (Å²) >= 11 is 5.71. The summed E-state index contributed by atoms with van der Waals surface area (Å²) in [5.41, 5.74) is 11.8. The second kappa shape index (κ2) is 2.88. The number of methoxy groups -OCH3 is 1. The van der Waals surface area contributed by atoms with Crippen molar-refractivity contribution in [3.8, 4) is 5.75 Å². The number of rotatable bonds is 1. The Hall–Kier alpha value is -1.09. The average molecular weight is 173 g/mol. The second-order valence-electron chi connectivity index (χ2n) is 2.11. The van der Waals surface area contributed by atoms with Gasteiger partial charge in [0.15, 0.2) is 0 Å². The fourth-order valence-corrected chi connectivity index (χ4v) is 0.948. The summed E-state index contributed by atoms with van der Waals surface area (Å²) in [5.74, 6) is 0.613. The van der Waals surface area contributed by atoms with Gasteiger partial charge in [0.25, 0.3) is 0 Å². The Bertz CT molecular complexity index is 252. The van der Waals surface area contributed by atoms with E-state index in [1.54, 1.807) is 19.2 Å². The fourth-order valence-electron chi connectivity index (χ4n) is 0.731. The lowest BCUT2D eigenvalue weighted by Crippen LogP contribution is -1.96. The van der Waals surface area contributed by atoms with Gasteiger partial charge in [0.2, 0.25) is 0 Å². The minimum absolute atomic E-state index is 0.396. The summed E-state index contributed by atoms with van der Waals surface area (Å²) in [5, 5.41) is 0.418. The molecule has 0 unspecified atom stereocenters. The molecule has 3 nitrogen and oxygen atoms in total. The zero-order valence-electron chi connectivity index (χ0n) is 6.10. The topological polar surface area (TPSA) is 61.3 Å². The predicted molar refractivity (Wildman–Crippen MR) is 46.8 cm³/mol. The summed E-state index contributed by atoms with van der Waals surface area (Å²) in [7, 11) is 1.54. The van der Waals surface area contributed by atoms with Crippen molar-refractivity contribution in [1.82, 2.24) is 0 Å². The molecule has 0 bridgehead atoms. The van der Waals surface area contributed by atoms with Crippen molar-refractivity contribution >= 4 is 23.0 Å². The summed E-state index contributed by atoms with van der Waals surface area (Å²) in [6.45, 7) is 0. The van der Waals surface area contributed by atoms with Crippen LogP contribution in [0.3, 0.4) is 0 Å². The Labute approximate surface area is 69.9 Å². The third-order valence-corrected chi connectivity index (χ3v) is 1.68. The highest BCUT2D eigenvalue weighted by Crippen LogP contribution is 2.30. The fraction of sp³-hybridized carbons (Fsp3) is 0.143. The maximum Gasteiger partial charge on any atom is 0.122 e. The molecule has 0 amide bonds. The van der Waals surface area contributed by atoms with Crippen molar-refractivity contribution in [1.29, 1.82) is 0 Å². The van der Waals surface area contributed by atoms with Crippen LogP contribution in [0.4, 0.5) is 11.4 Å². The van der Waals surface area contributed by atoms with Gasteiger partial charge in [0.1, 0.15) is 5.75 Å². The number of hydrogen-bond acceptors (Lipinski definition) is 3. The van der Waals surface area contributed by atoms with E-state index < -0.39 is 0 Å². The highest BCUT2D eigenvalue weighted by molar-refractivity contribution is 6.33. The molecule has 0 aliphatic heterocycles. The molecule has 4 N–H and O–H groups in total. The van der Waals surface area contributed by atoms with Crippen molar-refractivity contribution in [2.24, 2.45) is 0 Å². The van der Waals surface area contributed by atoms with Crippen LogP contribution in [0.5, 0.6) is 5.75 Å². The first kappa shape index (κ1) is 8.01. The number of anilines is 2. The maximum absolute atomic E-state index is 5.71. The maximum atomic E-state index is 5.71. The molecule has 1 aromatic carbocycles. The first-order valence-corrected chi connectivity index (χ1v) is 3.41. The lowest BCUT2D eigenvalue weighted by molar-refractivity contribution is 0.415. The standard InChI is InChI=1S/C7H9ClN2O/c1-11-4-2-5(8)7(10)6(9)3-4/h2-3H,9-10H2,1H3. The minimum Gasteiger partial charge on any atom is -0.497 e. The molecule has 0 aliphatic carbocycles. The summed E-state index contributed by atoms with van der Waals surface area (Å²) in [6.07, 6.45) is 0. The van der Waals surface area contributed by atoms with Crippen LogP contribution < -0.4 is 16.2 Å². The van der Waals surface area contributed by atoms with E-state index in [4.69, 9.17) is 27.8 Å². The lowest BCUT2D eigenvalue weighted by atomic mass is 10.2. The first-order valence-electron chi connectivity index (χ1n) is 3.03. The predicted octanol–water partition coefficient (Wildman–Crippen LogP) is 1.51. The highest BCUT2D eigenvalue weighted by Gasteiger charge is 2.02. The van der Waals surface area contributed by atoms with Gasteiger partial charge in [-0.15, -0.1) is 0 Å². The van der Waals surface area contributed by atoms with E-state index in [1.165, 1.54) is 0 Å². The Balaban J connectivity index is 3.21. The molecule has 0 spiro atoms. The van der Waals surface area contributed by atoms with Crippen LogP contribution in [0.15, 0.2) is 12.1 Å². The van der Waals surface area contributed by atoms with Crippen LogP contribution in [0.25, 0.3) is 0 Å². The quantitative estimate of drug-likeness (QED) is 0.632. The van der Waals surface area contributed by atoms with Crippen molar-refractivity contribution in [3.63, 3.8) is 0 Å². The Morgan fingerprint density at radius 2 is 2.00 bits per heavy atom. The number of hydrogen-bond donors (Lipinski definition) is 2. The SMILES string of the molecule is COc1cc(N)c(N)c(Cl)c1. The number of benzene rings is 1. The van der Waals surface area contributed by atoms with Crippen LogP contribution in [0, 0.1) is 0 Å². The van der Waals surface area contributed by atoms with Gasteiger partial charge >= 0.3 is 0 Å². The van der Waals surface area contributed by atoms with Crippen LogP contribution >= 0.6 is 11.6 Å². The van der Waals surface area contributed by atoms with Crippen LogP contribution in [0.1, 0.15) is 0 Å². The normalized spacial score (nSPS) is 9.64. The van der Waals surface area contributed by atoms with Gasteiger partial charge in [-0.25, -0.2) is 0 Å². The van der Waals surface area contributed by atoms with Gasteiger partial charge in [0.05, 0.1) is 23.5 Å². The van der Waals surface area contributed by atoms with Crippen molar-refractivity contribution in [2.45, 2.75) is 0 Å². The van der Waals surface area contributed by atoms with Crippen molar-refractivity contribution < 1.29 is 4.74 Å². The Morgan fingerprint density at radius 1 is 1.36 bits per heavy atom. The van der Waals surface area contributed by atoms with Gasteiger partial charge in [-0.05, 0) is 0 Å².